The van der Waals surface area contributed by atoms with E-state index >= 15 is 0 Å². The molecule has 0 unspecified atom stereocenters. The molecule has 0 radical (unpaired) electrons. The van der Waals surface area contributed by atoms with Crippen molar-refractivity contribution >= 4 is 5.90 Å². The van der Waals surface area contributed by atoms with Gasteiger partial charge in [0.05, 0.1) is 6.61 Å². The standard InChI is InChI=1S/C13H25NO/c1-4-5-6-7-9-13(2,3)12-14-10-8-11-15-12/h4-11H2,1-3H3. The molecule has 1 aliphatic heterocycles. The van der Waals surface area contributed by atoms with Crippen LogP contribution in [0.15, 0.2) is 4.99 Å². The molecule has 1 heterocycles. The van der Waals surface area contributed by atoms with Crippen molar-refractivity contribution in [1.82, 2.24) is 0 Å². The average Bonchev–Trinajstić information content (AvgIpc) is 2.26. The van der Waals surface area contributed by atoms with Crippen LogP contribution in [0.25, 0.3) is 0 Å². The van der Waals surface area contributed by atoms with Gasteiger partial charge in [0.25, 0.3) is 0 Å². The largest absolute Gasteiger partial charge is 0.481 e. The maximum atomic E-state index is 5.65. The van der Waals surface area contributed by atoms with Crippen molar-refractivity contribution in [1.29, 1.82) is 0 Å². The van der Waals surface area contributed by atoms with Crippen LogP contribution in [0.1, 0.15) is 59.3 Å². The molecular formula is C13H25NO. The fourth-order valence-electron chi connectivity index (χ4n) is 1.97. The SMILES string of the molecule is CCCCCCC(C)(C)C1=NCCCO1. The first kappa shape index (κ1) is 12.5. The number of aliphatic imine (C=N–C) groups is 1. The first-order valence-corrected chi connectivity index (χ1v) is 6.34. The fraction of sp³-hybridized carbons (Fsp3) is 0.923. The smallest absolute Gasteiger partial charge is 0.189 e. The van der Waals surface area contributed by atoms with Crippen molar-refractivity contribution in [2.24, 2.45) is 10.4 Å². The second-order valence-corrected chi connectivity index (χ2v) is 5.08. The summed E-state index contributed by atoms with van der Waals surface area (Å²) in [6.45, 7) is 8.57. The van der Waals surface area contributed by atoms with Gasteiger partial charge in [0.15, 0.2) is 5.90 Å². The van der Waals surface area contributed by atoms with Crippen LogP contribution >= 0.6 is 0 Å². The lowest BCUT2D eigenvalue weighted by Gasteiger charge is -2.28. The van der Waals surface area contributed by atoms with E-state index in [4.69, 9.17) is 4.74 Å². The number of rotatable bonds is 6. The molecule has 0 fully saturated rings. The number of nitrogens with zero attached hydrogens (tertiary/aromatic N) is 1. The molecule has 88 valence electrons. The van der Waals surface area contributed by atoms with E-state index in [0.717, 1.165) is 25.5 Å². The van der Waals surface area contributed by atoms with Crippen molar-refractivity contribution in [3.63, 3.8) is 0 Å². The molecule has 0 amide bonds. The van der Waals surface area contributed by atoms with Crippen molar-refractivity contribution in [3.8, 4) is 0 Å². The highest BCUT2D eigenvalue weighted by molar-refractivity contribution is 5.82. The molecule has 0 aliphatic carbocycles. The van der Waals surface area contributed by atoms with E-state index in [1.165, 1.54) is 32.1 Å². The Morgan fingerprint density at radius 3 is 2.67 bits per heavy atom. The Bertz CT molecular complexity index is 209. The molecule has 0 aromatic heterocycles. The molecule has 0 bridgehead atoms. The van der Waals surface area contributed by atoms with Crippen LogP contribution in [-0.4, -0.2) is 19.0 Å². The van der Waals surface area contributed by atoms with E-state index in [1.807, 2.05) is 0 Å². The maximum Gasteiger partial charge on any atom is 0.189 e. The molecule has 0 aromatic rings. The molecule has 15 heavy (non-hydrogen) atoms. The first-order chi connectivity index (χ1) is 7.17. The van der Waals surface area contributed by atoms with Gasteiger partial charge in [0.1, 0.15) is 0 Å². The molecule has 0 aromatic carbocycles. The Labute approximate surface area is 94.1 Å². The van der Waals surface area contributed by atoms with Crippen LogP contribution in [0.3, 0.4) is 0 Å². The summed E-state index contributed by atoms with van der Waals surface area (Å²) >= 11 is 0. The Morgan fingerprint density at radius 2 is 2.07 bits per heavy atom. The second-order valence-electron chi connectivity index (χ2n) is 5.08. The number of hydrogen-bond acceptors (Lipinski definition) is 2. The lowest BCUT2D eigenvalue weighted by atomic mass is 9.86. The lowest BCUT2D eigenvalue weighted by Crippen LogP contribution is -2.30. The minimum atomic E-state index is 0.147. The average molecular weight is 211 g/mol. The summed E-state index contributed by atoms with van der Waals surface area (Å²) in [5.74, 6) is 0.991. The molecule has 0 saturated heterocycles. The van der Waals surface area contributed by atoms with E-state index in [9.17, 15) is 0 Å². The van der Waals surface area contributed by atoms with Crippen LogP contribution < -0.4 is 0 Å². The zero-order chi connectivity index (χ0) is 11.1. The Hall–Kier alpha value is -0.530. The van der Waals surface area contributed by atoms with Gasteiger partial charge in [-0.05, 0) is 6.42 Å². The minimum Gasteiger partial charge on any atom is -0.481 e. The Kier molecular flexibility index (Phi) is 5.13. The predicted molar refractivity (Wildman–Crippen MR) is 65.4 cm³/mol. The monoisotopic (exact) mass is 211 g/mol. The van der Waals surface area contributed by atoms with Crippen molar-refractivity contribution < 1.29 is 4.74 Å². The molecule has 2 heteroatoms. The first-order valence-electron chi connectivity index (χ1n) is 6.34. The van der Waals surface area contributed by atoms with Crippen LogP contribution in [0, 0.1) is 5.41 Å². The lowest BCUT2D eigenvalue weighted by molar-refractivity contribution is 0.228. The van der Waals surface area contributed by atoms with E-state index in [2.05, 4.69) is 25.8 Å². The van der Waals surface area contributed by atoms with E-state index < -0.39 is 0 Å². The van der Waals surface area contributed by atoms with Gasteiger partial charge in [-0.3, -0.25) is 4.99 Å². The molecule has 0 atom stereocenters. The number of ether oxygens (including phenoxy) is 1. The summed E-state index contributed by atoms with van der Waals surface area (Å²) in [5, 5.41) is 0. The molecule has 1 aliphatic rings. The van der Waals surface area contributed by atoms with Gasteiger partial charge in [-0.2, -0.15) is 0 Å². The van der Waals surface area contributed by atoms with Gasteiger partial charge in [-0.25, -0.2) is 0 Å². The van der Waals surface area contributed by atoms with Gasteiger partial charge in [-0.1, -0.05) is 46.5 Å². The summed E-state index contributed by atoms with van der Waals surface area (Å²) in [5.41, 5.74) is 0.147. The van der Waals surface area contributed by atoms with Crippen LogP contribution in [0.4, 0.5) is 0 Å². The van der Waals surface area contributed by atoms with Crippen LogP contribution in [-0.2, 0) is 4.74 Å². The van der Waals surface area contributed by atoms with Crippen molar-refractivity contribution in [2.75, 3.05) is 13.2 Å². The zero-order valence-corrected chi connectivity index (χ0v) is 10.5. The molecule has 1 rings (SSSR count). The van der Waals surface area contributed by atoms with Gasteiger partial charge in [0, 0.05) is 18.4 Å². The van der Waals surface area contributed by atoms with E-state index in [-0.39, 0.29) is 5.41 Å². The molecule has 2 nitrogen and oxygen atoms in total. The molecule has 0 saturated carbocycles. The van der Waals surface area contributed by atoms with Gasteiger partial charge in [-0.15, -0.1) is 0 Å². The third-order valence-corrected chi connectivity index (χ3v) is 3.03. The van der Waals surface area contributed by atoms with Crippen molar-refractivity contribution in [2.45, 2.75) is 59.3 Å². The third-order valence-electron chi connectivity index (χ3n) is 3.03. The fourth-order valence-corrected chi connectivity index (χ4v) is 1.97. The predicted octanol–water partition coefficient (Wildman–Crippen LogP) is 3.80. The van der Waals surface area contributed by atoms with Gasteiger partial charge in [0.2, 0.25) is 0 Å². The van der Waals surface area contributed by atoms with Gasteiger partial charge >= 0.3 is 0 Å². The molecular weight excluding hydrogens is 186 g/mol. The highest BCUT2D eigenvalue weighted by Gasteiger charge is 2.27. The highest BCUT2D eigenvalue weighted by atomic mass is 16.5. The summed E-state index contributed by atoms with van der Waals surface area (Å²) < 4.78 is 5.65. The number of hydrogen-bond donors (Lipinski definition) is 0. The number of unbranched alkanes of at least 4 members (excludes halogenated alkanes) is 3. The normalized spacial score (nSPS) is 17.1. The minimum absolute atomic E-state index is 0.147. The summed E-state index contributed by atoms with van der Waals surface area (Å²) in [6.07, 6.45) is 7.57. The maximum absolute atomic E-state index is 5.65. The van der Waals surface area contributed by atoms with Crippen LogP contribution in [0.5, 0.6) is 0 Å². The molecule has 0 N–H and O–H groups in total. The Balaban J connectivity index is 2.33. The summed E-state index contributed by atoms with van der Waals surface area (Å²) in [4.78, 5) is 4.49. The second kappa shape index (κ2) is 6.14. The summed E-state index contributed by atoms with van der Waals surface area (Å²) in [6, 6.07) is 0. The third kappa shape index (κ3) is 4.23. The topological polar surface area (TPSA) is 21.6 Å². The quantitative estimate of drug-likeness (QED) is 0.612. The zero-order valence-electron chi connectivity index (χ0n) is 10.5. The Morgan fingerprint density at radius 1 is 1.27 bits per heavy atom. The van der Waals surface area contributed by atoms with Crippen molar-refractivity contribution in [3.05, 3.63) is 0 Å². The van der Waals surface area contributed by atoms with E-state index in [1.54, 1.807) is 0 Å². The molecule has 0 spiro atoms. The van der Waals surface area contributed by atoms with E-state index in [0.29, 0.717) is 0 Å². The summed E-state index contributed by atoms with van der Waals surface area (Å²) in [7, 11) is 0. The van der Waals surface area contributed by atoms with Gasteiger partial charge < -0.3 is 4.74 Å². The van der Waals surface area contributed by atoms with Crippen LogP contribution in [0.2, 0.25) is 0 Å². The highest BCUT2D eigenvalue weighted by Crippen LogP contribution is 2.27.